The number of carbonyl (C=O) groups excluding carboxylic acids is 1. The van der Waals surface area contributed by atoms with Crippen LogP contribution in [0.2, 0.25) is 0 Å². The van der Waals surface area contributed by atoms with Crippen molar-refractivity contribution in [2.45, 2.75) is 0 Å². The van der Waals surface area contributed by atoms with E-state index < -0.39 is 7.59 Å². The summed E-state index contributed by atoms with van der Waals surface area (Å²) in [5, 5.41) is 2.99. The molecule has 2 aliphatic rings. The summed E-state index contributed by atoms with van der Waals surface area (Å²) >= 11 is 0. The number of benzene rings is 3. The van der Waals surface area contributed by atoms with Crippen molar-refractivity contribution in [1.82, 2.24) is 14.4 Å². The fourth-order valence-corrected chi connectivity index (χ4v) is 7.31. The van der Waals surface area contributed by atoms with E-state index in [9.17, 15) is 9.36 Å². The molecule has 0 radical (unpaired) electrons. The summed E-state index contributed by atoms with van der Waals surface area (Å²) in [5.74, 6) is -0.287. The van der Waals surface area contributed by atoms with Gasteiger partial charge in [0.15, 0.2) is 0 Å². The maximum absolute atomic E-state index is 14.7. The van der Waals surface area contributed by atoms with Crippen LogP contribution in [-0.2, 0) is 4.57 Å². The Hall–Kier alpha value is -3.12. The Morgan fingerprint density at radius 3 is 1.34 bits per heavy atom. The molecule has 5 rings (SSSR count). The molecule has 35 heavy (non-hydrogen) atoms. The van der Waals surface area contributed by atoms with E-state index in [1.165, 1.54) is 11.4 Å². The van der Waals surface area contributed by atoms with Gasteiger partial charge < -0.3 is 9.80 Å². The summed E-state index contributed by atoms with van der Waals surface area (Å²) in [4.78, 5) is 17.8. The van der Waals surface area contributed by atoms with Gasteiger partial charge in [-0.05, 0) is 36.4 Å². The van der Waals surface area contributed by atoms with E-state index in [0.29, 0.717) is 31.7 Å². The number of para-hydroxylation sites is 2. The molecule has 3 aromatic rings. The van der Waals surface area contributed by atoms with Crippen molar-refractivity contribution in [3.8, 4) is 0 Å². The normalized spacial score (nSPS) is 17.8. The van der Waals surface area contributed by atoms with Crippen LogP contribution in [0.3, 0.4) is 0 Å². The Labute approximate surface area is 207 Å². The van der Waals surface area contributed by atoms with Crippen molar-refractivity contribution >= 4 is 24.9 Å². The Morgan fingerprint density at radius 2 is 0.943 bits per heavy atom. The fourth-order valence-electron chi connectivity index (χ4n) is 4.83. The Balaban J connectivity index is 1.33. The molecule has 0 aromatic heterocycles. The van der Waals surface area contributed by atoms with Gasteiger partial charge in [-0.25, -0.2) is 9.34 Å². The molecule has 0 bridgehead atoms. The lowest BCUT2D eigenvalue weighted by Crippen LogP contribution is -2.54. The molecule has 0 aliphatic carbocycles. The fraction of sp³-hybridized carbons (Fsp3) is 0.296. The first-order chi connectivity index (χ1) is 17.1. The lowest BCUT2D eigenvalue weighted by molar-refractivity contribution is 0.0973. The highest BCUT2D eigenvalue weighted by molar-refractivity contribution is 7.57. The van der Waals surface area contributed by atoms with Crippen molar-refractivity contribution in [1.29, 1.82) is 0 Å². The molecular weight excluding hydrogens is 457 g/mol. The third-order valence-electron chi connectivity index (χ3n) is 6.80. The molecule has 2 heterocycles. The number of anilines is 2. The molecule has 182 valence electrons. The van der Waals surface area contributed by atoms with Gasteiger partial charge in [0.25, 0.3) is 5.91 Å². The van der Waals surface area contributed by atoms with Crippen LogP contribution in [0.15, 0.2) is 91.0 Å². The lowest BCUT2D eigenvalue weighted by Gasteiger charge is -2.46. The van der Waals surface area contributed by atoms with Crippen LogP contribution in [0, 0.1) is 0 Å². The number of rotatable bonds is 6. The molecule has 0 saturated carbocycles. The van der Waals surface area contributed by atoms with Crippen LogP contribution in [0.4, 0.5) is 11.4 Å². The smallest absolute Gasteiger partial charge is 0.311 e. The van der Waals surface area contributed by atoms with Gasteiger partial charge in [-0.1, -0.05) is 54.6 Å². The SMILES string of the molecule is O=C(NP(=O)(N1CCN(c2ccccc2)CC1)N1CCN(c2ccccc2)CC1)c1ccccc1. The summed E-state index contributed by atoms with van der Waals surface area (Å²) in [7, 11) is -3.31. The van der Waals surface area contributed by atoms with Crippen molar-refractivity contribution in [3.63, 3.8) is 0 Å². The first-order valence-electron chi connectivity index (χ1n) is 12.2. The minimum Gasteiger partial charge on any atom is -0.369 e. The minimum atomic E-state index is -3.31. The van der Waals surface area contributed by atoms with Crippen LogP contribution in [0.5, 0.6) is 0 Å². The number of nitrogens with one attached hydrogen (secondary N) is 1. The number of nitrogens with zero attached hydrogens (tertiary/aromatic N) is 4. The molecule has 8 heteroatoms. The average Bonchev–Trinajstić information content (AvgIpc) is 2.94. The summed E-state index contributed by atoms with van der Waals surface area (Å²) in [6, 6.07) is 29.7. The van der Waals surface area contributed by atoms with E-state index >= 15 is 0 Å². The summed E-state index contributed by atoms with van der Waals surface area (Å²) in [6.45, 7) is 5.55. The van der Waals surface area contributed by atoms with E-state index in [-0.39, 0.29) is 5.91 Å². The van der Waals surface area contributed by atoms with Gasteiger partial charge >= 0.3 is 7.59 Å². The zero-order chi connectivity index (χ0) is 24.1. The second kappa shape index (κ2) is 10.6. The van der Waals surface area contributed by atoms with Gasteiger partial charge in [0, 0.05) is 69.3 Å². The third kappa shape index (κ3) is 5.27. The molecule has 2 aliphatic heterocycles. The predicted octanol–water partition coefficient (Wildman–Crippen LogP) is 4.17. The van der Waals surface area contributed by atoms with Crippen LogP contribution in [-0.4, -0.2) is 67.6 Å². The zero-order valence-corrected chi connectivity index (χ0v) is 20.8. The Kier molecular flexibility index (Phi) is 7.19. The van der Waals surface area contributed by atoms with Gasteiger partial charge in [0.2, 0.25) is 0 Å². The molecule has 0 unspecified atom stereocenters. The number of hydrogen-bond acceptors (Lipinski definition) is 4. The maximum Gasteiger partial charge on any atom is 0.311 e. The Morgan fingerprint density at radius 1 is 0.571 bits per heavy atom. The van der Waals surface area contributed by atoms with Gasteiger partial charge in [-0.2, -0.15) is 0 Å². The van der Waals surface area contributed by atoms with Crippen LogP contribution in [0.1, 0.15) is 10.4 Å². The van der Waals surface area contributed by atoms with E-state index in [4.69, 9.17) is 0 Å². The average molecular weight is 490 g/mol. The molecular formula is C27H32N5O2P. The summed E-state index contributed by atoms with van der Waals surface area (Å²) < 4.78 is 18.7. The highest BCUT2D eigenvalue weighted by Crippen LogP contribution is 2.50. The first-order valence-corrected chi connectivity index (χ1v) is 13.8. The van der Waals surface area contributed by atoms with Crippen LogP contribution >= 0.6 is 7.59 Å². The van der Waals surface area contributed by atoms with Gasteiger partial charge in [0.1, 0.15) is 0 Å². The highest BCUT2D eigenvalue weighted by atomic mass is 31.2. The number of hydrogen-bond donors (Lipinski definition) is 1. The molecule has 7 nitrogen and oxygen atoms in total. The van der Waals surface area contributed by atoms with E-state index in [0.717, 1.165) is 26.2 Å². The predicted molar refractivity (Wildman–Crippen MR) is 142 cm³/mol. The summed E-state index contributed by atoms with van der Waals surface area (Å²) in [5.41, 5.74) is 2.87. The Bertz CT molecular complexity index is 1080. The summed E-state index contributed by atoms with van der Waals surface area (Å²) in [6.07, 6.45) is 0. The molecule has 0 atom stereocenters. The molecule has 2 fully saturated rings. The first kappa shape index (κ1) is 23.6. The van der Waals surface area contributed by atoms with Crippen molar-refractivity contribution in [2.75, 3.05) is 62.2 Å². The third-order valence-corrected chi connectivity index (χ3v) is 9.63. The van der Waals surface area contributed by atoms with Crippen molar-refractivity contribution in [3.05, 3.63) is 96.6 Å². The quantitative estimate of drug-likeness (QED) is 0.525. The minimum absolute atomic E-state index is 0.287. The molecule has 1 amide bonds. The van der Waals surface area contributed by atoms with E-state index in [1.807, 2.05) is 63.9 Å². The number of carbonyl (C=O) groups is 1. The van der Waals surface area contributed by atoms with Crippen molar-refractivity contribution < 1.29 is 9.36 Å². The van der Waals surface area contributed by atoms with E-state index in [2.05, 4.69) is 39.2 Å². The zero-order valence-electron chi connectivity index (χ0n) is 19.9. The van der Waals surface area contributed by atoms with Crippen LogP contribution < -0.4 is 14.9 Å². The number of piperazine rings is 2. The standard InChI is InChI=1S/C27H32N5O2P/c33-27(24-10-4-1-5-11-24)28-35(34,31-20-16-29(17-21-31)25-12-6-2-7-13-25)32-22-18-30(19-23-32)26-14-8-3-9-15-26/h1-15H,16-23H2,(H,28,33,34). The largest absolute Gasteiger partial charge is 0.369 e. The molecule has 1 N–H and O–H groups in total. The van der Waals surface area contributed by atoms with Gasteiger partial charge in [0.05, 0.1) is 0 Å². The van der Waals surface area contributed by atoms with Gasteiger partial charge in [-0.15, -0.1) is 0 Å². The monoisotopic (exact) mass is 489 g/mol. The highest BCUT2D eigenvalue weighted by Gasteiger charge is 2.42. The molecule has 2 saturated heterocycles. The van der Waals surface area contributed by atoms with Crippen molar-refractivity contribution in [2.24, 2.45) is 0 Å². The molecule has 0 spiro atoms. The lowest BCUT2D eigenvalue weighted by atomic mass is 10.2. The van der Waals surface area contributed by atoms with Gasteiger partial charge in [-0.3, -0.25) is 14.4 Å². The number of amides is 1. The molecule has 3 aromatic carbocycles. The second-order valence-corrected chi connectivity index (χ2v) is 11.3. The second-order valence-electron chi connectivity index (χ2n) is 8.90. The van der Waals surface area contributed by atoms with E-state index in [1.54, 1.807) is 12.1 Å². The maximum atomic E-state index is 14.7. The topological polar surface area (TPSA) is 59.1 Å². The van der Waals surface area contributed by atoms with Crippen LogP contribution in [0.25, 0.3) is 0 Å².